The number of thioether (sulfide) groups is 1. The summed E-state index contributed by atoms with van der Waals surface area (Å²) in [5.74, 6) is 2.06. The first-order chi connectivity index (χ1) is 14.1. The van der Waals surface area contributed by atoms with E-state index in [1.165, 1.54) is 36.8 Å². The number of nitrogens with one attached hydrogen (secondary N) is 1. The van der Waals surface area contributed by atoms with Gasteiger partial charge in [0.15, 0.2) is 11.1 Å². The third kappa shape index (κ3) is 5.53. The largest absolute Gasteiger partial charge is 0.356 e. The van der Waals surface area contributed by atoms with Crippen LogP contribution in [0.3, 0.4) is 0 Å². The first-order valence-corrected chi connectivity index (χ1v) is 11.8. The molecule has 1 N–H and O–H groups in total. The van der Waals surface area contributed by atoms with Gasteiger partial charge in [0.05, 0.1) is 0 Å². The normalized spacial score (nSPS) is 15.1. The molecular weight excluding hydrogens is 380 g/mol. The van der Waals surface area contributed by atoms with Crippen LogP contribution in [0.5, 0.6) is 0 Å². The molecule has 1 aromatic carbocycles. The molecule has 1 aliphatic rings. The number of hydrogen-bond donors (Lipinski definition) is 1. The van der Waals surface area contributed by atoms with Gasteiger partial charge in [0, 0.05) is 39.6 Å². The predicted octanol–water partition coefficient (Wildman–Crippen LogP) is 4.06. The summed E-state index contributed by atoms with van der Waals surface area (Å²) in [7, 11) is 3.93. The Morgan fingerprint density at radius 2 is 2.03 bits per heavy atom. The van der Waals surface area contributed by atoms with E-state index in [2.05, 4.69) is 74.5 Å². The zero-order chi connectivity index (χ0) is 20.6. The highest BCUT2D eigenvalue weighted by Gasteiger charge is 2.23. The molecular formula is C22H34N6S. The molecule has 0 unspecified atom stereocenters. The van der Waals surface area contributed by atoms with Crippen molar-refractivity contribution < 1.29 is 0 Å². The van der Waals surface area contributed by atoms with Gasteiger partial charge in [-0.2, -0.15) is 0 Å². The third-order valence-corrected chi connectivity index (χ3v) is 6.35. The predicted molar refractivity (Wildman–Crippen MR) is 122 cm³/mol. The average molecular weight is 415 g/mol. The molecule has 7 heteroatoms. The van der Waals surface area contributed by atoms with Crippen LogP contribution in [-0.2, 0) is 13.0 Å². The fourth-order valence-corrected chi connectivity index (χ4v) is 4.67. The Labute approximate surface area is 179 Å². The Kier molecular flexibility index (Phi) is 7.98. The summed E-state index contributed by atoms with van der Waals surface area (Å²) in [6.45, 7) is 3.87. The molecule has 1 fully saturated rings. The molecule has 3 rings (SSSR count). The summed E-state index contributed by atoms with van der Waals surface area (Å²) < 4.78 is 2.40. The summed E-state index contributed by atoms with van der Waals surface area (Å²) in [5, 5.41) is 13.5. The lowest BCUT2D eigenvalue weighted by Crippen LogP contribution is -2.39. The molecule has 158 valence electrons. The van der Waals surface area contributed by atoms with Crippen molar-refractivity contribution in [2.24, 2.45) is 4.99 Å². The molecule has 1 aromatic heterocycles. The Hall–Kier alpha value is -2.02. The van der Waals surface area contributed by atoms with Crippen molar-refractivity contribution in [2.45, 2.75) is 63.2 Å². The van der Waals surface area contributed by atoms with Crippen molar-refractivity contribution in [1.29, 1.82) is 0 Å². The maximum absolute atomic E-state index is 4.49. The molecule has 29 heavy (non-hydrogen) atoms. The van der Waals surface area contributed by atoms with Crippen molar-refractivity contribution in [3.05, 3.63) is 41.2 Å². The molecule has 0 amide bonds. The number of nitrogens with zero attached hydrogens (tertiary/aromatic N) is 5. The van der Waals surface area contributed by atoms with Crippen molar-refractivity contribution >= 4 is 17.7 Å². The van der Waals surface area contributed by atoms with E-state index < -0.39 is 0 Å². The number of hydrogen-bond acceptors (Lipinski definition) is 4. The van der Waals surface area contributed by atoms with Gasteiger partial charge in [-0.25, -0.2) is 0 Å². The summed E-state index contributed by atoms with van der Waals surface area (Å²) in [6.07, 6.45) is 9.20. The van der Waals surface area contributed by atoms with Gasteiger partial charge in [-0.05, 0) is 43.6 Å². The number of benzene rings is 1. The molecule has 0 atom stereocenters. The van der Waals surface area contributed by atoms with Crippen LogP contribution >= 0.6 is 11.8 Å². The second-order valence-corrected chi connectivity index (χ2v) is 8.54. The summed E-state index contributed by atoms with van der Waals surface area (Å²) in [4.78, 5) is 6.63. The van der Waals surface area contributed by atoms with Gasteiger partial charge in [-0.3, -0.25) is 4.99 Å². The Bertz CT molecular complexity index is 809. The van der Waals surface area contributed by atoms with Crippen molar-refractivity contribution in [1.82, 2.24) is 25.0 Å². The van der Waals surface area contributed by atoms with Crippen LogP contribution in [0, 0.1) is 6.92 Å². The monoisotopic (exact) mass is 414 g/mol. The smallest absolute Gasteiger partial charge is 0.193 e. The van der Waals surface area contributed by atoms with E-state index in [0.717, 1.165) is 42.9 Å². The Balaban J connectivity index is 1.52. The van der Waals surface area contributed by atoms with E-state index in [1.807, 2.05) is 7.05 Å². The maximum Gasteiger partial charge on any atom is 0.193 e. The fraction of sp³-hybridized carbons (Fsp3) is 0.591. The van der Waals surface area contributed by atoms with Crippen molar-refractivity contribution in [2.75, 3.05) is 26.9 Å². The van der Waals surface area contributed by atoms with Gasteiger partial charge in [0.2, 0.25) is 0 Å². The SMILES string of the molecule is CN=C(NCCCc1nnc(SC)n1C1CCCC1)N(C)Cc1ccccc1C. The summed E-state index contributed by atoms with van der Waals surface area (Å²) >= 11 is 1.70. The first kappa shape index (κ1) is 21.7. The van der Waals surface area contributed by atoms with E-state index in [1.54, 1.807) is 11.8 Å². The molecule has 6 nitrogen and oxygen atoms in total. The second-order valence-electron chi connectivity index (χ2n) is 7.77. The van der Waals surface area contributed by atoms with Crippen LogP contribution in [0.25, 0.3) is 0 Å². The minimum Gasteiger partial charge on any atom is -0.356 e. The highest BCUT2D eigenvalue weighted by Crippen LogP contribution is 2.33. The average Bonchev–Trinajstić information content (AvgIpc) is 3.38. The van der Waals surface area contributed by atoms with Crippen molar-refractivity contribution in [3.8, 4) is 0 Å². The molecule has 0 saturated heterocycles. The van der Waals surface area contributed by atoms with Gasteiger partial charge in [-0.1, -0.05) is 48.9 Å². The Morgan fingerprint density at radius 1 is 1.28 bits per heavy atom. The zero-order valence-corrected chi connectivity index (χ0v) is 19.0. The number of aryl methyl sites for hydroxylation is 2. The quantitative estimate of drug-likeness (QED) is 0.305. The number of guanidine groups is 1. The van der Waals surface area contributed by atoms with Gasteiger partial charge >= 0.3 is 0 Å². The van der Waals surface area contributed by atoms with E-state index in [-0.39, 0.29) is 0 Å². The maximum atomic E-state index is 4.49. The summed E-state index contributed by atoms with van der Waals surface area (Å²) in [5.41, 5.74) is 2.64. The number of aliphatic imine (C=N–C) groups is 1. The highest BCUT2D eigenvalue weighted by atomic mass is 32.2. The minimum atomic E-state index is 0.586. The van der Waals surface area contributed by atoms with Crippen LogP contribution in [0.2, 0.25) is 0 Å². The van der Waals surface area contributed by atoms with Gasteiger partial charge in [0.1, 0.15) is 5.82 Å². The lowest BCUT2D eigenvalue weighted by Gasteiger charge is -2.23. The lowest BCUT2D eigenvalue weighted by molar-refractivity contribution is 0.457. The Morgan fingerprint density at radius 3 is 2.72 bits per heavy atom. The first-order valence-electron chi connectivity index (χ1n) is 10.6. The van der Waals surface area contributed by atoms with Crippen LogP contribution < -0.4 is 5.32 Å². The van der Waals surface area contributed by atoms with Crippen LogP contribution in [0.15, 0.2) is 34.4 Å². The van der Waals surface area contributed by atoms with Gasteiger partial charge in [0.25, 0.3) is 0 Å². The van der Waals surface area contributed by atoms with Crippen LogP contribution in [0.4, 0.5) is 0 Å². The van der Waals surface area contributed by atoms with Crippen LogP contribution in [0.1, 0.15) is 55.1 Å². The molecule has 1 aliphatic carbocycles. The number of rotatable bonds is 8. The molecule has 0 aliphatic heterocycles. The van der Waals surface area contributed by atoms with Crippen LogP contribution in [-0.4, -0.2) is 52.5 Å². The lowest BCUT2D eigenvalue weighted by atomic mass is 10.1. The zero-order valence-electron chi connectivity index (χ0n) is 18.2. The molecule has 0 spiro atoms. The molecule has 1 saturated carbocycles. The van der Waals surface area contributed by atoms with E-state index >= 15 is 0 Å². The second kappa shape index (κ2) is 10.7. The fourth-order valence-electron chi connectivity index (χ4n) is 4.10. The minimum absolute atomic E-state index is 0.586. The summed E-state index contributed by atoms with van der Waals surface area (Å²) in [6, 6.07) is 9.10. The van der Waals surface area contributed by atoms with Gasteiger partial charge in [-0.15, -0.1) is 10.2 Å². The van der Waals surface area contributed by atoms with E-state index in [0.29, 0.717) is 6.04 Å². The number of aromatic nitrogens is 3. The molecule has 2 aromatic rings. The van der Waals surface area contributed by atoms with Crippen molar-refractivity contribution in [3.63, 3.8) is 0 Å². The standard InChI is InChI=1S/C22H34N6S/c1-17-10-5-6-11-18(17)16-27(3)21(23-2)24-15-9-14-20-25-26-22(29-4)28(20)19-12-7-8-13-19/h5-6,10-11,19H,7-9,12-16H2,1-4H3,(H,23,24). The molecule has 0 radical (unpaired) electrons. The van der Waals surface area contributed by atoms with Gasteiger partial charge < -0.3 is 14.8 Å². The topological polar surface area (TPSA) is 58.3 Å². The molecule has 0 bridgehead atoms. The van der Waals surface area contributed by atoms with E-state index in [9.17, 15) is 0 Å². The third-order valence-electron chi connectivity index (χ3n) is 5.71. The van der Waals surface area contributed by atoms with E-state index in [4.69, 9.17) is 0 Å². The molecule has 1 heterocycles. The highest BCUT2D eigenvalue weighted by molar-refractivity contribution is 7.98.